The van der Waals surface area contributed by atoms with Crippen molar-refractivity contribution in [3.05, 3.63) is 73.1 Å². The van der Waals surface area contributed by atoms with Gasteiger partial charge in [0.05, 0.1) is 14.8 Å². The summed E-state index contributed by atoms with van der Waals surface area (Å²) in [7, 11) is 0. The maximum absolute atomic E-state index is 12.9. The van der Waals surface area contributed by atoms with Gasteiger partial charge in [0.2, 0.25) is 0 Å². The Balaban J connectivity index is 1.32. The van der Waals surface area contributed by atoms with Gasteiger partial charge in [0, 0.05) is 31.7 Å². The van der Waals surface area contributed by atoms with Gasteiger partial charge in [-0.3, -0.25) is 9.59 Å². The molecular formula is C22H21ClN2O3S2. The molecule has 1 aliphatic heterocycles. The highest BCUT2D eigenvalue weighted by Gasteiger charge is 2.26. The molecule has 4 rings (SSSR count). The van der Waals surface area contributed by atoms with E-state index in [4.69, 9.17) is 16.3 Å². The summed E-state index contributed by atoms with van der Waals surface area (Å²) < 4.78 is 5.82. The molecule has 0 radical (unpaired) electrons. The van der Waals surface area contributed by atoms with Crippen LogP contribution < -0.4 is 4.74 Å². The molecule has 1 fully saturated rings. The maximum Gasteiger partial charge on any atom is 0.264 e. The first kappa shape index (κ1) is 20.9. The number of rotatable bonds is 5. The number of thiophene rings is 2. The van der Waals surface area contributed by atoms with Gasteiger partial charge in [0.15, 0.2) is 0 Å². The van der Waals surface area contributed by atoms with Crippen LogP contribution in [0, 0.1) is 6.92 Å². The lowest BCUT2D eigenvalue weighted by Gasteiger charge is -2.34. The molecule has 1 aliphatic rings. The number of halogens is 1. The normalized spacial score (nSPS) is 14.1. The van der Waals surface area contributed by atoms with E-state index in [-0.39, 0.29) is 11.8 Å². The summed E-state index contributed by atoms with van der Waals surface area (Å²) in [6.45, 7) is 4.52. The van der Waals surface area contributed by atoms with Gasteiger partial charge in [-0.2, -0.15) is 0 Å². The van der Waals surface area contributed by atoms with Gasteiger partial charge in [0.1, 0.15) is 12.4 Å². The van der Waals surface area contributed by atoms with Crippen molar-refractivity contribution in [1.82, 2.24) is 9.80 Å². The number of carbonyl (C=O) groups excluding carboxylic acids is 2. The molecule has 0 saturated carbocycles. The number of aryl methyl sites for hydroxylation is 1. The predicted octanol–water partition coefficient (Wildman–Crippen LogP) is 4.95. The third kappa shape index (κ3) is 4.69. The maximum atomic E-state index is 12.9. The van der Waals surface area contributed by atoms with E-state index in [0.29, 0.717) is 48.4 Å². The number of piperazine rings is 1. The summed E-state index contributed by atoms with van der Waals surface area (Å²) in [6.07, 6.45) is 0. The second-order valence-electron chi connectivity index (χ2n) is 7.10. The Morgan fingerprint density at radius 2 is 1.70 bits per heavy atom. The number of carbonyl (C=O) groups is 2. The molecule has 5 nitrogen and oxygen atoms in total. The smallest absolute Gasteiger partial charge is 0.264 e. The van der Waals surface area contributed by atoms with E-state index in [1.807, 2.05) is 63.9 Å². The van der Waals surface area contributed by atoms with E-state index in [2.05, 4.69) is 0 Å². The van der Waals surface area contributed by atoms with Gasteiger partial charge < -0.3 is 14.5 Å². The van der Waals surface area contributed by atoms with Crippen LogP contribution in [0.1, 0.15) is 30.5 Å². The third-order valence-electron chi connectivity index (χ3n) is 4.93. The Morgan fingerprint density at radius 1 is 1.00 bits per heavy atom. The minimum atomic E-state index is 0.00283. The van der Waals surface area contributed by atoms with Gasteiger partial charge in [-0.15, -0.1) is 22.7 Å². The SMILES string of the molecule is Cc1ccc(Cl)c(OCc2csc(C(=O)N3CCN(C(=O)c4cccs4)CC3)c2)c1. The summed E-state index contributed by atoms with van der Waals surface area (Å²) in [5.41, 5.74) is 2.01. The topological polar surface area (TPSA) is 49.9 Å². The fourth-order valence-corrected chi connectivity index (χ4v) is 5.00. The van der Waals surface area contributed by atoms with Crippen LogP contribution in [-0.2, 0) is 6.61 Å². The second kappa shape index (κ2) is 9.20. The fraction of sp³-hybridized carbons (Fsp3) is 0.273. The standard InChI is InChI=1S/C22H21ClN2O3S2/c1-15-4-5-17(23)18(11-15)28-13-16-12-20(30-14-16)22(27)25-8-6-24(7-9-25)21(26)19-3-2-10-29-19/h2-5,10-12,14H,6-9,13H2,1H3. The number of amides is 2. The lowest BCUT2D eigenvalue weighted by Crippen LogP contribution is -2.50. The van der Waals surface area contributed by atoms with Crippen LogP contribution in [0.15, 0.2) is 47.2 Å². The summed E-state index contributed by atoms with van der Waals surface area (Å²) in [4.78, 5) is 30.4. The molecule has 1 aromatic carbocycles. The van der Waals surface area contributed by atoms with E-state index in [0.717, 1.165) is 16.0 Å². The summed E-state index contributed by atoms with van der Waals surface area (Å²) in [6, 6.07) is 11.2. The minimum absolute atomic E-state index is 0.00283. The van der Waals surface area contributed by atoms with Crippen LogP contribution in [0.5, 0.6) is 5.75 Å². The molecule has 0 bridgehead atoms. The van der Waals surface area contributed by atoms with Crippen LogP contribution in [-0.4, -0.2) is 47.8 Å². The van der Waals surface area contributed by atoms with Gasteiger partial charge in [-0.25, -0.2) is 0 Å². The number of nitrogens with zero attached hydrogens (tertiary/aromatic N) is 2. The van der Waals surface area contributed by atoms with Gasteiger partial charge in [0.25, 0.3) is 11.8 Å². The van der Waals surface area contributed by atoms with Crippen molar-refractivity contribution < 1.29 is 14.3 Å². The monoisotopic (exact) mass is 460 g/mol. The van der Waals surface area contributed by atoms with Gasteiger partial charge >= 0.3 is 0 Å². The largest absolute Gasteiger partial charge is 0.487 e. The highest BCUT2D eigenvalue weighted by Crippen LogP contribution is 2.27. The van der Waals surface area contributed by atoms with E-state index < -0.39 is 0 Å². The van der Waals surface area contributed by atoms with Crippen LogP contribution in [0.25, 0.3) is 0 Å². The Hall–Kier alpha value is -2.35. The van der Waals surface area contributed by atoms with Crippen LogP contribution in [0.2, 0.25) is 5.02 Å². The molecular weight excluding hydrogens is 440 g/mol. The number of hydrogen-bond acceptors (Lipinski definition) is 5. The minimum Gasteiger partial charge on any atom is -0.487 e. The molecule has 3 heterocycles. The summed E-state index contributed by atoms with van der Waals surface area (Å²) >= 11 is 9.04. The van der Waals surface area contributed by atoms with Crippen molar-refractivity contribution >= 4 is 46.1 Å². The third-order valence-corrected chi connectivity index (χ3v) is 7.07. The first-order valence-corrected chi connectivity index (χ1v) is 11.7. The molecule has 0 spiro atoms. The Morgan fingerprint density at radius 3 is 2.37 bits per heavy atom. The van der Waals surface area contributed by atoms with Crippen LogP contribution in [0.3, 0.4) is 0 Å². The van der Waals surface area contributed by atoms with Crippen molar-refractivity contribution in [3.63, 3.8) is 0 Å². The van der Waals surface area contributed by atoms with Crippen molar-refractivity contribution in [2.75, 3.05) is 26.2 Å². The zero-order valence-electron chi connectivity index (χ0n) is 16.5. The van der Waals surface area contributed by atoms with E-state index in [1.54, 1.807) is 0 Å². The fourth-order valence-electron chi connectivity index (χ4n) is 3.27. The van der Waals surface area contributed by atoms with Crippen molar-refractivity contribution in [2.24, 2.45) is 0 Å². The Bertz CT molecular complexity index is 1040. The van der Waals surface area contributed by atoms with Crippen molar-refractivity contribution in [1.29, 1.82) is 0 Å². The number of benzene rings is 1. The molecule has 0 unspecified atom stereocenters. The zero-order chi connectivity index (χ0) is 21.1. The summed E-state index contributed by atoms with van der Waals surface area (Å²) in [5, 5.41) is 4.41. The molecule has 8 heteroatoms. The first-order chi connectivity index (χ1) is 14.5. The lowest BCUT2D eigenvalue weighted by atomic mass is 10.2. The van der Waals surface area contributed by atoms with E-state index >= 15 is 0 Å². The molecule has 2 amide bonds. The molecule has 156 valence electrons. The van der Waals surface area contributed by atoms with E-state index in [9.17, 15) is 9.59 Å². The molecule has 30 heavy (non-hydrogen) atoms. The predicted molar refractivity (Wildman–Crippen MR) is 121 cm³/mol. The van der Waals surface area contributed by atoms with E-state index in [1.165, 1.54) is 22.7 Å². The molecule has 1 saturated heterocycles. The lowest BCUT2D eigenvalue weighted by molar-refractivity contribution is 0.0540. The Labute approximate surface area is 188 Å². The Kier molecular flexibility index (Phi) is 6.41. The quantitative estimate of drug-likeness (QED) is 0.541. The second-order valence-corrected chi connectivity index (χ2v) is 9.37. The van der Waals surface area contributed by atoms with Crippen LogP contribution >= 0.6 is 34.3 Å². The average Bonchev–Trinajstić information content (AvgIpc) is 3.46. The molecule has 2 aromatic heterocycles. The zero-order valence-corrected chi connectivity index (χ0v) is 18.9. The first-order valence-electron chi connectivity index (χ1n) is 9.59. The van der Waals surface area contributed by atoms with Crippen molar-refractivity contribution in [2.45, 2.75) is 13.5 Å². The molecule has 3 aromatic rings. The highest BCUT2D eigenvalue weighted by molar-refractivity contribution is 7.12. The molecule has 0 aliphatic carbocycles. The van der Waals surface area contributed by atoms with Crippen molar-refractivity contribution in [3.8, 4) is 5.75 Å². The van der Waals surface area contributed by atoms with Crippen LogP contribution in [0.4, 0.5) is 0 Å². The van der Waals surface area contributed by atoms with Gasteiger partial charge in [-0.1, -0.05) is 23.7 Å². The average molecular weight is 461 g/mol. The van der Waals surface area contributed by atoms with Gasteiger partial charge in [-0.05, 0) is 47.5 Å². The number of ether oxygens (including phenoxy) is 1. The highest BCUT2D eigenvalue weighted by atomic mass is 35.5. The molecule has 0 N–H and O–H groups in total. The molecule has 0 atom stereocenters. The summed E-state index contributed by atoms with van der Waals surface area (Å²) in [5.74, 6) is 0.688. The number of hydrogen-bond donors (Lipinski definition) is 0.